The number of likely N-dealkylation sites (tertiary alicyclic amines) is 1. The number of rotatable bonds is 4. The highest BCUT2D eigenvalue weighted by molar-refractivity contribution is 5.95. The van der Waals surface area contributed by atoms with E-state index in [9.17, 15) is 9.59 Å². The summed E-state index contributed by atoms with van der Waals surface area (Å²) in [6, 6.07) is 13.2. The summed E-state index contributed by atoms with van der Waals surface area (Å²) in [5, 5.41) is 3.08. The van der Waals surface area contributed by atoms with E-state index >= 15 is 0 Å². The first-order valence-electron chi connectivity index (χ1n) is 10.2. The minimum absolute atomic E-state index is 0.00772. The summed E-state index contributed by atoms with van der Waals surface area (Å²) in [7, 11) is 5.13. The number of carbonyl (C=O) groups excluding carboxylic acids is 2. The molecular formula is C24H28N2O4. The second kappa shape index (κ2) is 7.76. The van der Waals surface area contributed by atoms with Gasteiger partial charge >= 0.3 is 5.97 Å². The number of nitrogens with one attached hydrogen (secondary N) is 1. The van der Waals surface area contributed by atoms with E-state index in [2.05, 4.69) is 36.3 Å². The van der Waals surface area contributed by atoms with Crippen molar-refractivity contribution < 1.29 is 19.1 Å². The highest BCUT2D eigenvalue weighted by atomic mass is 16.5. The zero-order valence-corrected chi connectivity index (χ0v) is 17.9. The molecule has 0 spiro atoms. The van der Waals surface area contributed by atoms with Gasteiger partial charge in [0.1, 0.15) is 5.75 Å². The van der Waals surface area contributed by atoms with Crippen LogP contribution in [0, 0.1) is 5.92 Å². The Kier molecular flexibility index (Phi) is 5.28. The number of hydrogen-bond donors (Lipinski definition) is 1. The van der Waals surface area contributed by atoms with Gasteiger partial charge in [-0.25, -0.2) is 4.79 Å². The molecule has 1 heterocycles. The zero-order chi connectivity index (χ0) is 21.5. The van der Waals surface area contributed by atoms with Crippen LogP contribution in [0.1, 0.15) is 34.8 Å². The summed E-state index contributed by atoms with van der Waals surface area (Å²) in [4.78, 5) is 27.5. The van der Waals surface area contributed by atoms with Crippen molar-refractivity contribution in [3.8, 4) is 5.75 Å². The van der Waals surface area contributed by atoms with E-state index in [0.29, 0.717) is 11.3 Å². The number of benzene rings is 2. The lowest BCUT2D eigenvalue weighted by Gasteiger charge is -2.53. The third-order valence-electron chi connectivity index (χ3n) is 6.84. The first-order chi connectivity index (χ1) is 14.4. The molecule has 1 N–H and O–H groups in total. The molecule has 30 heavy (non-hydrogen) atoms. The maximum Gasteiger partial charge on any atom is 0.337 e. The fourth-order valence-corrected chi connectivity index (χ4v) is 5.09. The summed E-state index contributed by atoms with van der Waals surface area (Å²) < 4.78 is 10.2. The number of methoxy groups -OCH3 is 2. The van der Waals surface area contributed by atoms with Crippen LogP contribution in [0.4, 0.5) is 5.69 Å². The number of carbonyl (C=O) groups is 2. The number of hydrogen-bond acceptors (Lipinski definition) is 5. The Morgan fingerprint density at radius 2 is 1.87 bits per heavy atom. The van der Waals surface area contributed by atoms with Gasteiger partial charge in [-0.15, -0.1) is 0 Å². The van der Waals surface area contributed by atoms with Crippen LogP contribution in [0.5, 0.6) is 5.75 Å². The van der Waals surface area contributed by atoms with Gasteiger partial charge in [0, 0.05) is 17.1 Å². The molecule has 1 unspecified atom stereocenters. The van der Waals surface area contributed by atoms with E-state index in [0.717, 1.165) is 25.1 Å². The van der Waals surface area contributed by atoms with E-state index < -0.39 is 5.97 Å². The molecule has 2 aliphatic rings. The van der Waals surface area contributed by atoms with Crippen LogP contribution < -0.4 is 10.1 Å². The lowest BCUT2D eigenvalue weighted by Crippen LogP contribution is -2.61. The molecule has 1 aliphatic carbocycles. The first-order valence-corrected chi connectivity index (χ1v) is 10.2. The van der Waals surface area contributed by atoms with Crippen molar-refractivity contribution in [1.82, 2.24) is 4.90 Å². The van der Waals surface area contributed by atoms with E-state index in [1.807, 2.05) is 6.07 Å². The third-order valence-corrected chi connectivity index (χ3v) is 6.84. The Morgan fingerprint density at radius 1 is 1.13 bits per heavy atom. The fourth-order valence-electron chi connectivity index (χ4n) is 5.09. The number of nitrogens with zero attached hydrogens (tertiary/aromatic N) is 1. The molecule has 0 radical (unpaired) electrons. The van der Waals surface area contributed by atoms with Gasteiger partial charge in [-0.3, -0.25) is 4.79 Å². The maximum absolute atomic E-state index is 13.5. The number of likely N-dealkylation sites (N-methyl/N-ethyl adjacent to an activating group) is 1. The molecule has 2 aromatic carbocycles. The molecule has 1 amide bonds. The van der Waals surface area contributed by atoms with Gasteiger partial charge in [0.15, 0.2) is 0 Å². The van der Waals surface area contributed by atoms with Gasteiger partial charge in [-0.2, -0.15) is 0 Å². The summed E-state index contributed by atoms with van der Waals surface area (Å²) in [6.07, 6.45) is 1.74. The van der Waals surface area contributed by atoms with Crippen molar-refractivity contribution in [3.05, 3.63) is 59.2 Å². The second-order valence-corrected chi connectivity index (χ2v) is 8.48. The van der Waals surface area contributed by atoms with Crippen LogP contribution in [-0.4, -0.2) is 50.6 Å². The summed E-state index contributed by atoms with van der Waals surface area (Å²) >= 11 is 0. The van der Waals surface area contributed by atoms with Crippen LogP contribution >= 0.6 is 0 Å². The number of anilines is 1. The molecule has 1 saturated heterocycles. The third kappa shape index (κ3) is 3.35. The van der Waals surface area contributed by atoms with Gasteiger partial charge in [0.05, 0.1) is 25.7 Å². The van der Waals surface area contributed by atoms with Crippen molar-refractivity contribution in [3.63, 3.8) is 0 Å². The van der Waals surface area contributed by atoms with Gasteiger partial charge in [0.2, 0.25) is 5.91 Å². The molecule has 3 atom stereocenters. The number of ether oxygens (including phenoxy) is 2. The van der Waals surface area contributed by atoms with E-state index in [1.54, 1.807) is 31.4 Å². The Bertz CT molecular complexity index is 972. The number of fused-ring (bicyclic) bond motifs is 4. The normalized spacial score (nSPS) is 25.2. The molecule has 158 valence electrons. The van der Waals surface area contributed by atoms with Crippen molar-refractivity contribution in [2.24, 2.45) is 5.92 Å². The quantitative estimate of drug-likeness (QED) is 0.787. The van der Waals surface area contributed by atoms with Crippen molar-refractivity contribution in [2.75, 3.05) is 33.1 Å². The molecule has 1 aliphatic heterocycles. The lowest BCUT2D eigenvalue weighted by atomic mass is 9.58. The molecule has 2 aromatic rings. The van der Waals surface area contributed by atoms with E-state index in [1.165, 1.54) is 18.2 Å². The molecule has 4 rings (SSSR count). The highest BCUT2D eigenvalue weighted by Gasteiger charge is 2.53. The summed E-state index contributed by atoms with van der Waals surface area (Å²) in [6.45, 7) is 3.16. The minimum Gasteiger partial charge on any atom is -0.497 e. The van der Waals surface area contributed by atoms with Gasteiger partial charge in [-0.1, -0.05) is 13.0 Å². The number of esters is 1. The highest BCUT2D eigenvalue weighted by Crippen LogP contribution is 2.49. The van der Waals surface area contributed by atoms with Crippen molar-refractivity contribution in [2.45, 2.75) is 31.2 Å². The van der Waals surface area contributed by atoms with Gasteiger partial charge < -0.3 is 19.7 Å². The SMILES string of the molecule is COC(=O)c1ccc(NC(=O)[C@H]2C3Cc4ccc(OC)cc4[C@@]2(C)CCN3C)cc1. The average molecular weight is 408 g/mol. The maximum atomic E-state index is 13.5. The zero-order valence-electron chi connectivity index (χ0n) is 17.9. The monoisotopic (exact) mass is 408 g/mol. The number of amides is 1. The number of piperidine rings is 1. The summed E-state index contributed by atoms with van der Waals surface area (Å²) in [5.74, 6) is 0.253. The predicted molar refractivity (Wildman–Crippen MR) is 115 cm³/mol. The van der Waals surface area contributed by atoms with Crippen LogP contribution in [0.25, 0.3) is 0 Å². The molecular weight excluding hydrogens is 380 g/mol. The largest absolute Gasteiger partial charge is 0.497 e. The Morgan fingerprint density at radius 3 is 2.53 bits per heavy atom. The van der Waals surface area contributed by atoms with Crippen LogP contribution in [-0.2, 0) is 21.4 Å². The Balaban J connectivity index is 1.65. The molecule has 0 saturated carbocycles. The van der Waals surface area contributed by atoms with Gasteiger partial charge in [0.25, 0.3) is 0 Å². The first kappa shape index (κ1) is 20.4. The van der Waals surface area contributed by atoms with E-state index in [4.69, 9.17) is 9.47 Å². The molecule has 6 heteroatoms. The average Bonchev–Trinajstić information content (AvgIpc) is 2.76. The molecule has 6 nitrogen and oxygen atoms in total. The minimum atomic E-state index is -0.394. The topological polar surface area (TPSA) is 67.9 Å². The fraction of sp³-hybridized carbons (Fsp3) is 0.417. The Labute approximate surface area is 177 Å². The van der Waals surface area contributed by atoms with Crippen LogP contribution in [0.2, 0.25) is 0 Å². The Hall–Kier alpha value is -2.86. The molecule has 2 bridgehead atoms. The predicted octanol–water partition coefficient (Wildman–Crippen LogP) is 3.25. The molecule has 0 aromatic heterocycles. The van der Waals surface area contributed by atoms with Crippen LogP contribution in [0.15, 0.2) is 42.5 Å². The van der Waals surface area contributed by atoms with Gasteiger partial charge in [-0.05, 0) is 74.0 Å². The molecule has 1 fully saturated rings. The smallest absolute Gasteiger partial charge is 0.337 e. The van der Waals surface area contributed by atoms with Crippen molar-refractivity contribution in [1.29, 1.82) is 0 Å². The van der Waals surface area contributed by atoms with E-state index in [-0.39, 0.29) is 23.3 Å². The van der Waals surface area contributed by atoms with Crippen molar-refractivity contribution >= 4 is 17.6 Å². The summed E-state index contributed by atoms with van der Waals surface area (Å²) in [5.41, 5.74) is 3.37. The van der Waals surface area contributed by atoms with Crippen LogP contribution in [0.3, 0.4) is 0 Å². The standard InChI is InChI=1S/C24H28N2O4/c1-24-11-12-26(2)20(13-16-7-10-18(29-3)14-19(16)24)21(24)22(27)25-17-8-5-15(6-9-17)23(28)30-4/h5-10,14,20-21H,11-13H2,1-4H3,(H,25,27)/t20?,21-,24-/m1/s1. The second-order valence-electron chi connectivity index (χ2n) is 8.48. The lowest BCUT2D eigenvalue weighted by molar-refractivity contribution is -0.127.